The molecule has 0 saturated carbocycles. The standard InChI is InChI=1S/C16H24N4O3.HI/c1-12(2)19-16(18-10-14-7-8-23-11-14)17-9-13-3-5-15(6-4-13)20(21)22;/h3-6,12,14H,7-11H2,1-2H3,(H2,17,18,19);1H. The van der Waals surface area contributed by atoms with E-state index in [0.29, 0.717) is 12.5 Å². The number of nitro benzene ring substituents is 1. The van der Waals surface area contributed by atoms with Crippen molar-refractivity contribution in [2.75, 3.05) is 19.8 Å². The lowest BCUT2D eigenvalue weighted by Crippen LogP contribution is -2.43. The summed E-state index contributed by atoms with van der Waals surface area (Å²) < 4.78 is 5.37. The van der Waals surface area contributed by atoms with Crippen molar-refractivity contribution < 1.29 is 9.66 Å². The van der Waals surface area contributed by atoms with Gasteiger partial charge in [0.15, 0.2) is 5.96 Å². The van der Waals surface area contributed by atoms with Crippen LogP contribution in [0, 0.1) is 16.0 Å². The summed E-state index contributed by atoms with van der Waals surface area (Å²) in [4.78, 5) is 14.8. The molecule has 1 unspecified atom stereocenters. The first kappa shape index (κ1) is 20.6. The maximum absolute atomic E-state index is 10.7. The van der Waals surface area contributed by atoms with Crippen LogP contribution in [0.1, 0.15) is 25.8 Å². The predicted molar refractivity (Wildman–Crippen MR) is 105 cm³/mol. The molecular weight excluding hydrogens is 423 g/mol. The molecule has 1 heterocycles. The zero-order valence-electron chi connectivity index (χ0n) is 14.0. The molecule has 0 aromatic heterocycles. The smallest absolute Gasteiger partial charge is 0.269 e. The van der Waals surface area contributed by atoms with E-state index in [1.54, 1.807) is 12.1 Å². The van der Waals surface area contributed by atoms with Gasteiger partial charge in [0.05, 0.1) is 18.1 Å². The third-order valence-corrected chi connectivity index (χ3v) is 3.57. The van der Waals surface area contributed by atoms with Gasteiger partial charge in [-0.2, -0.15) is 0 Å². The van der Waals surface area contributed by atoms with Gasteiger partial charge in [-0.15, -0.1) is 24.0 Å². The number of ether oxygens (including phenoxy) is 1. The maximum Gasteiger partial charge on any atom is 0.269 e. The molecule has 2 rings (SSSR count). The second-order valence-electron chi connectivity index (χ2n) is 6.00. The summed E-state index contributed by atoms with van der Waals surface area (Å²) in [5, 5.41) is 17.3. The summed E-state index contributed by atoms with van der Waals surface area (Å²) in [6, 6.07) is 6.75. The van der Waals surface area contributed by atoms with Crippen LogP contribution in [0.3, 0.4) is 0 Å². The minimum Gasteiger partial charge on any atom is -0.381 e. The summed E-state index contributed by atoms with van der Waals surface area (Å²) in [5.74, 6) is 1.28. The molecule has 1 aliphatic heterocycles. The van der Waals surface area contributed by atoms with E-state index in [1.807, 2.05) is 0 Å². The number of non-ortho nitro benzene ring substituents is 1. The van der Waals surface area contributed by atoms with Gasteiger partial charge in [0.25, 0.3) is 5.69 Å². The van der Waals surface area contributed by atoms with Crippen LogP contribution in [0.5, 0.6) is 0 Å². The lowest BCUT2D eigenvalue weighted by Gasteiger charge is -2.17. The van der Waals surface area contributed by atoms with Crippen LogP contribution in [0.25, 0.3) is 0 Å². The van der Waals surface area contributed by atoms with Crippen LogP contribution >= 0.6 is 24.0 Å². The average molecular weight is 448 g/mol. The molecule has 0 spiro atoms. The summed E-state index contributed by atoms with van der Waals surface area (Å²) >= 11 is 0. The minimum absolute atomic E-state index is 0. The Morgan fingerprint density at radius 2 is 2.12 bits per heavy atom. The number of aliphatic imine (C=N–C) groups is 1. The number of rotatable bonds is 6. The molecule has 0 bridgehead atoms. The third-order valence-electron chi connectivity index (χ3n) is 3.57. The summed E-state index contributed by atoms with van der Waals surface area (Å²) in [5.41, 5.74) is 1.03. The molecule has 1 aromatic rings. The van der Waals surface area contributed by atoms with Crippen LogP contribution in [-0.2, 0) is 11.3 Å². The molecule has 2 N–H and O–H groups in total. The number of nitrogens with one attached hydrogen (secondary N) is 2. The Hall–Kier alpha value is -1.42. The quantitative estimate of drug-likeness (QED) is 0.230. The highest BCUT2D eigenvalue weighted by atomic mass is 127. The second-order valence-corrected chi connectivity index (χ2v) is 6.00. The molecular formula is C16H25IN4O3. The van der Waals surface area contributed by atoms with Gasteiger partial charge in [-0.3, -0.25) is 10.1 Å². The van der Waals surface area contributed by atoms with E-state index in [-0.39, 0.29) is 35.7 Å². The fraction of sp³-hybridized carbons (Fsp3) is 0.562. The van der Waals surface area contributed by atoms with Gasteiger partial charge >= 0.3 is 0 Å². The molecule has 134 valence electrons. The Morgan fingerprint density at radius 1 is 1.42 bits per heavy atom. The zero-order valence-corrected chi connectivity index (χ0v) is 16.4. The third kappa shape index (κ3) is 7.00. The van der Waals surface area contributed by atoms with Crippen molar-refractivity contribution in [3.63, 3.8) is 0 Å². The number of nitro groups is 1. The highest BCUT2D eigenvalue weighted by molar-refractivity contribution is 14.0. The molecule has 1 aromatic carbocycles. The summed E-state index contributed by atoms with van der Waals surface area (Å²) in [6.45, 7) is 7.05. The second kappa shape index (κ2) is 10.4. The number of benzene rings is 1. The van der Waals surface area contributed by atoms with Crippen LogP contribution < -0.4 is 10.6 Å². The first-order valence-corrected chi connectivity index (χ1v) is 7.90. The van der Waals surface area contributed by atoms with Crippen LogP contribution in [0.15, 0.2) is 29.3 Å². The Balaban J connectivity index is 0.00000288. The Kier molecular flexibility index (Phi) is 8.98. The molecule has 8 heteroatoms. The van der Waals surface area contributed by atoms with E-state index >= 15 is 0 Å². The largest absolute Gasteiger partial charge is 0.381 e. The molecule has 0 radical (unpaired) electrons. The van der Waals surface area contributed by atoms with Gasteiger partial charge in [-0.05, 0) is 25.8 Å². The van der Waals surface area contributed by atoms with Crippen molar-refractivity contribution in [1.82, 2.24) is 10.6 Å². The van der Waals surface area contributed by atoms with Gasteiger partial charge < -0.3 is 15.4 Å². The molecule has 0 aliphatic carbocycles. The molecule has 0 amide bonds. The van der Waals surface area contributed by atoms with Crippen molar-refractivity contribution in [1.29, 1.82) is 0 Å². The SMILES string of the molecule is CC(C)NC(=NCc1ccc([N+](=O)[O-])cc1)NCC1CCOC1.I. The van der Waals surface area contributed by atoms with E-state index in [1.165, 1.54) is 12.1 Å². The number of hydrogen-bond donors (Lipinski definition) is 2. The number of nitrogens with zero attached hydrogens (tertiary/aromatic N) is 2. The van der Waals surface area contributed by atoms with Gasteiger partial charge in [0, 0.05) is 37.2 Å². The van der Waals surface area contributed by atoms with Gasteiger partial charge in [-0.25, -0.2) is 4.99 Å². The molecule has 7 nitrogen and oxygen atoms in total. The van der Waals surface area contributed by atoms with E-state index in [4.69, 9.17) is 4.74 Å². The van der Waals surface area contributed by atoms with Gasteiger partial charge in [0.1, 0.15) is 0 Å². The Labute approximate surface area is 159 Å². The number of hydrogen-bond acceptors (Lipinski definition) is 4. The van der Waals surface area contributed by atoms with Crippen LogP contribution in [0.2, 0.25) is 0 Å². The van der Waals surface area contributed by atoms with Crippen molar-refractivity contribution in [2.24, 2.45) is 10.9 Å². The molecule has 24 heavy (non-hydrogen) atoms. The monoisotopic (exact) mass is 448 g/mol. The minimum atomic E-state index is -0.399. The van der Waals surface area contributed by atoms with Crippen molar-refractivity contribution in [3.05, 3.63) is 39.9 Å². The van der Waals surface area contributed by atoms with E-state index < -0.39 is 4.92 Å². The van der Waals surface area contributed by atoms with E-state index in [0.717, 1.165) is 37.7 Å². The normalized spacial score (nSPS) is 17.5. The Bertz CT molecular complexity index is 543. The van der Waals surface area contributed by atoms with Crippen molar-refractivity contribution in [2.45, 2.75) is 32.9 Å². The van der Waals surface area contributed by atoms with Crippen molar-refractivity contribution in [3.8, 4) is 0 Å². The number of halogens is 1. The predicted octanol–water partition coefficient (Wildman–Crippen LogP) is 2.69. The lowest BCUT2D eigenvalue weighted by molar-refractivity contribution is -0.384. The summed E-state index contributed by atoms with van der Waals surface area (Å²) in [6.07, 6.45) is 1.07. The molecule has 1 saturated heterocycles. The van der Waals surface area contributed by atoms with Crippen LogP contribution in [-0.4, -0.2) is 36.7 Å². The van der Waals surface area contributed by atoms with E-state index in [9.17, 15) is 10.1 Å². The van der Waals surface area contributed by atoms with Gasteiger partial charge in [0.2, 0.25) is 0 Å². The zero-order chi connectivity index (χ0) is 16.7. The topological polar surface area (TPSA) is 88.8 Å². The average Bonchev–Trinajstić information content (AvgIpc) is 3.03. The highest BCUT2D eigenvalue weighted by Crippen LogP contribution is 2.13. The van der Waals surface area contributed by atoms with Crippen molar-refractivity contribution >= 4 is 35.6 Å². The first-order chi connectivity index (χ1) is 11.0. The molecule has 1 fully saturated rings. The van der Waals surface area contributed by atoms with Crippen LogP contribution in [0.4, 0.5) is 5.69 Å². The Morgan fingerprint density at radius 3 is 2.67 bits per heavy atom. The fourth-order valence-corrected chi connectivity index (χ4v) is 2.30. The highest BCUT2D eigenvalue weighted by Gasteiger charge is 2.16. The maximum atomic E-state index is 10.7. The first-order valence-electron chi connectivity index (χ1n) is 7.90. The molecule has 1 aliphatic rings. The lowest BCUT2D eigenvalue weighted by atomic mass is 10.1. The number of guanidine groups is 1. The summed E-state index contributed by atoms with van der Waals surface area (Å²) in [7, 11) is 0. The van der Waals surface area contributed by atoms with E-state index in [2.05, 4.69) is 29.5 Å². The molecule has 1 atom stereocenters. The fourth-order valence-electron chi connectivity index (χ4n) is 2.30. The van der Waals surface area contributed by atoms with Gasteiger partial charge in [-0.1, -0.05) is 12.1 Å².